The van der Waals surface area contributed by atoms with E-state index in [2.05, 4.69) is 6.07 Å². The van der Waals surface area contributed by atoms with Crippen LogP contribution in [0.3, 0.4) is 0 Å². The highest BCUT2D eigenvalue weighted by Gasteiger charge is 2.38. The molecule has 0 heterocycles. The van der Waals surface area contributed by atoms with Gasteiger partial charge in [-0.2, -0.15) is 10.5 Å². The number of nitrogens with zero attached hydrogens (tertiary/aromatic N) is 2. The van der Waals surface area contributed by atoms with Gasteiger partial charge in [0.2, 0.25) is 0 Å². The molecule has 1 saturated carbocycles. The molecule has 3 rings (SSSR count). The third-order valence-corrected chi connectivity index (χ3v) is 4.01. The van der Waals surface area contributed by atoms with E-state index in [1.54, 1.807) is 24.3 Å². The lowest BCUT2D eigenvalue weighted by Gasteiger charge is -2.35. The third-order valence-electron chi connectivity index (χ3n) is 4.01. The van der Waals surface area contributed by atoms with Gasteiger partial charge in [0.1, 0.15) is 11.6 Å². The number of hydrogen-bond acceptors (Lipinski definition) is 2. The van der Waals surface area contributed by atoms with Crippen LogP contribution in [0.5, 0.6) is 0 Å². The fraction of sp³-hybridized carbons (Fsp3) is 0.263. The molecule has 0 atom stereocenters. The van der Waals surface area contributed by atoms with Crippen molar-refractivity contribution in [2.24, 2.45) is 0 Å². The molecule has 1 fully saturated rings. The summed E-state index contributed by atoms with van der Waals surface area (Å²) in [7, 11) is 0. The molecule has 23 heavy (non-hydrogen) atoms. The van der Waals surface area contributed by atoms with Crippen LogP contribution in [-0.4, -0.2) is 0 Å². The zero-order valence-electron chi connectivity index (χ0n) is 12.6. The molecule has 0 bridgehead atoms. The number of halogens is 2. The van der Waals surface area contributed by atoms with Crippen LogP contribution in [-0.2, 0) is 11.8 Å². The molecule has 116 valence electrons. The van der Waals surface area contributed by atoms with Crippen molar-refractivity contribution in [2.45, 2.75) is 31.1 Å². The first-order valence-electron chi connectivity index (χ1n) is 7.38. The Kier molecular flexibility index (Phi) is 5.44. The van der Waals surface area contributed by atoms with Gasteiger partial charge in [0.15, 0.2) is 0 Å². The standard InChI is InChI=1S/C11H10FN.C8H6FN/c12-10-4-2-9(3-5-10)11(8-13)6-1-7-11;9-8-3-1-7(2-4-8)5-6-10/h2-5H,1,6-7H2;1-4H,5H2. The number of hydrogen-bond donors (Lipinski definition) is 0. The van der Waals surface area contributed by atoms with Gasteiger partial charge in [0.05, 0.1) is 24.0 Å². The second kappa shape index (κ2) is 7.51. The van der Waals surface area contributed by atoms with E-state index in [1.165, 1.54) is 24.3 Å². The molecule has 2 aromatic carbocycles. The van der Waals surface area contributed by atoms with Crippen molar-refractivity contribution in [3.63, 3.8) is 0 Å². The van der Waals surface area contributed by atoms with Crippen LogP contribution < -0.4 is 0 Å². The monoisotopic (exact) mass is 310 g/mol. The van der Waals surface area contributed by atoms with Crippen LogP contribution >= 0.6 is 0 Å². The summed E-state index contributed by atoms with van der Waals surface area (Å²) in [5.41, 5.74) is 1.50. The van der Waals surface area contributed by atoms with E-state index in [4.69, 9.17) is 10.5 Å². The fourth-order valence-corrected chi connectivity index (χ4v) is 2.46. The molecule has 0 amide bonds. The van der Waals surface area contributed by atoms with Gasteiger partial charge in [-0.05, 0) is 54.7 Å². The highest BCUT2D eigenvalue weighted by atomic mass is 19.1. The molecule has 1 aliphatic rings. The smallest absolute Gasteiger partial charge is 0.123 e. The SMILES string of the molecule is N#CC1(c2ccc(F)cc2)CCC1.N#CCc1ccc(F)cc1. The normalized spacial score (nSPS) is 14.4. The van der Waals surface area contributed by atoms with E-state index in [0.717, 1.165) is 30.4 Å². The molecule has 0 aromatic heterocycles. The second-order valence-electron chi connectivity index (χ2n) is 5.52. The maximum absolute atomic E-state index is 12.6. The Labute approximate surface area is 134 Å². The van der Waals surface area contributed by atoms with Crippen molar-refractivity contribution in [2.75, 3.05) is 0 Å². The Bertz CT molecular complexity index is 718. The van der Waals surface area contributed by atoms with Gasteiger partial charge in [0, 0.05) is 0 Å². The van der Waals surface area contributed by atoms with Crippen molar-refractivity contribution < 1.29 is 8.78 Å². The van der Waals surface area contributed by atoms with Gasteiger partial charge in [-0.1, -0.05) is 24.3 Å². The summed E-state index contributed by atoms with van der Waals surface area (Å²) in [6, 6.07) is 16.5. The van der Waals surface area contributed by atoms with Crippen LogP contribution in [0, 0.1) is 34.3 Å². The summed E-state index contributed by atoms with van der Waals surface area (Å²) in [6.45, 7) is 0. The van der Waals surface area contributed by atoms with Crippen molar-refractivity contribution in [1.29, 1.82) is 10.5 Å². The molecule has 0 aliphatic heterocycles. The number of benzene rings is 2. The quantitative estimate of drug-likeness (QED) is 0.809. The van der Waals surface area contributed by atoms with Crippen LogP contribution in [0.4, 0.5) is 8.78 Å². The summed E-state index contributed by atoms with van der Waals surface area (Å²) in [5, 5.41) is 17.3. The lowest BCUT2D eigenvalue weighted by molar-refractivity contribution is 0.324. The van der Waals surface area contributed by atoms with Crippen molar-refractivity contribution in [3.05, 3.63) is 71.3 Å². The van der Waals surface area contributed by atoms with E-state index in [0.29, 0.717) is 6.42 Å². The summed E-state index contributed by atoms with van der Waals surface area (Å²) in [6.07, 6.45) is 3.27. The third kappa shape index (κ3) is 4.14. The Morgan fingerprint density at radius 3 is 1.78 bits per heavy atom. The predicted molar refractivity (Wildman–Crippen MR) is 83.3 cm³/mol. The van der Waals surface area contributed by atoms with Gasteiger partial charge in [-0.3, -0.25) is 0 Å². The first-order valence-corrected chi connectivity index (χ1v) is 7.38. The Hall–Kier alpha value is -2.72. The maximum atomic E-state index is 12.6. The topological polar surface area (TPSA) is 47.6 Å². The average molecular weight is 310 g/mol. The molecule has 0 saturated heterocycles. The van der Waals surface area contributed by atoms with E-state index < -0.39 is 0 Å². The highest BCUT2D eigenvalue weighted by molar-refractivity contribution is 5.35. The Morgan fingerprint density at radius 1 is 0.870 bits per heavy atom. The first kappa shape index (κ1) is 16.6. The van der Waals surface area contributed by atoms with E-state index >= 15 is 0 Å². The molecular weight excluding hydrogens is 294 g/mol. The van der Waals surface area contributed by atoms with Crippen LogP contribution in [0.2, 0.25) is 0 Å². The summed E-state index contributed by atoms with van der Waals surface area (Å²) in [4.78, 5) is 0. The lowest BCUT2D eigenvalue weighted by atomic mass is 9.65. The lowest BCUT2D eigenvalue weighted by Crippen LogP contribution is -2.32. The second-order valence-corrected chi connectivity index (χ2v) is 5.52. The van der Waals surface area contributed by atoms with E-state index in [1.807, 2.05) is 6.07 Å². The minimum absolute atomic E-state index is 0.240. The average Bonchev–Trinajstić information content (AvgIpc) is 2.52. The van der Waals surface area contributed by atoms with Gasteiger partial charge in [-0.15, -0.1) is 0 Å². The van der Waals surface area contributed by atoms with E-state index in [-0.39, 0.29) is 17.0 Å². The largest absolute Gasteiger partial charge is 0.207 e. The summed E-state index contributed by atoms with van der Waals surface area (Å²) >= 11 is 0. The molecule has 0 spiro atoms. The predicted octanol–water partition coefficient (Wildman–Crippen LogP) is 4.66. The van der Waals surface area contributed by atoms with Crippen LogP contribution in [0.25, 0.3) is 0 Å². The van der Waals surface area contributed by atoms with Crippen molar-refractivity contribution in [3.8, 4) is 12.1 Å². The van der Waals surface area contributed by atoms with Crippen LogP contribution in [0.15, 0.2) is 48.5 Å². The Morgan fingerprint density at radius 2 is 1.39 bits per heavy atom. The van der Waals surface area contributed by atoms with Crippen molar-refractivity contribution in [1.82, 2.24) is 0 Å². The van der Waals surface area contributed by atoms with Gasteiger partial charge in [0.25, 0.3) is 0 Å². The minimum Gasteiger partial charge on any atom is -0.207 e. The zero-order valence-corrected chi connectivity index (χ0v) is 12.6. The zero-order chi connectivity index (χ0) is 16.7. The number of rotatable bonds is 2. The molecule has 0 unspecified atom stereocenters. The number of nitriles is 2. The molecule has 2 aromatic rings. The molecule has 0 radical (unpaired) electrons. The van der Waals surface area contributed by atoms with Crippen molar-refractivity contribution >= 4 is 0 Å². The summed E-state index contributed by atoms with van der Waals surface area (Å²) in [5.74, 6) is -0.502. The fourth-order valence-electron chi connectivity index (χ4n) is 2.46. The molecule has 1 aliphatic carbocycles. The maximum Gasteiger partial charge on any atom is 0.123 e. The minimum atomic E-state index is -0.312. The molecule has 0 N–H and O–H groups in total. The van der Waals surface area contributed by atoms with E-state index in [9.17, 15) is 8.78 Å². The van der Waals surface area contributed by atoms with Gasteiger partial charge < -0.3 is 0 Å². The van der Waals surface area contributed by atoms with Gasteiger partial charge >= 0.3 is 0 Å². The summed E-state index contributed by atoms with van der Waals surface area (Å²) < 4.78 is 24.9. The van der Waals surface area contributed by atoms with Gasteiger partial charge in [-0.25, -0.2) is 8.78 Å². The molecule has 2 nitrogen and oxygen atoms in total. The highest BCUT2D eigenvalue weighted by Crippen LogP contribution is 2.42. The Balaban J connectivity index is 0.000000174. The van der Waals surface area contributed by atoms with Crippen LogP contribution in [0.1, 0.15) is 30.4 Å². The molecular formula is C19H16F2N2. The molecule has 4 heteroatoms. The first-order chi connectivity index (χ1) is 11.1.